The van der Waals surface area contributed by atoms with E-state index in [1.165, 1.54) is 17.7 Å². The molecule has 1 heterocycles. The third-order valence-electron chi connectivity index (χ3n) is 6.46. The van der Waals surface area contributed by atoms with Crippen molar-refractivity contribution in [3.8, 4) is 0 Å². The largest absolute Gasteiger partial charge is 0.348 e. The monoisotopic (exact) mass is 477 g/mol. The molecule has 3 aromatic rings. The maximum absolute atomic E-state index is 13.1. The van der Waals surface area contributed by atoms with Crippen LogP contribution in [-0.2, 0) is 16.6 Å². The van der Waals surface area contributed by atoms with Gasteiger partial charge in [0.1, 0.15) is 0 Å². The minimum absolute atomic E-state index is 0.0227. The SMILES string of the molecule is Cc1ccc(S(=O)(=O)NCc2ccccc2)cc1C(=O)NC1CCN(C(C)c2ccccc2)C1. The number of rotatable bonds is 8. The van der Waals surface area contributed by atoms with Crippen molar-refractivity contribution in [2.24, 2.45) is 0 Å². The zero-order chi connectivity index (χ0) is 24.1. The van der Waals surface area contributed by atoms with Gasteiger partial charge in [-0.05, 0) is 49.1 Å². The first-order valence-electron chi connectivity index (χ1n) is 11.6. The van der Waals surface area contributed by atoms with E-state index in [1.807, 2.05) is 55.5 Å². The Hall–Kier alpha value is -3.00. The van der Waals surface area contributed by atoms with Crippen LogP contribution in [0.4, 0.5) is 0 Å². The van der Waals surface area contributed by atoms with Crippen LogP contribution in [-0.4, -0.2) is 38.4 Å². The number of carbonyl (C=O) groups is 1. The van der Waals surface area contributed by atoms with E-state index in [9.17, 15) is 13.2 Å². The zero-order valence-electron chi connectivity index (χ0n) is 19.6. The van der Waals surface area contributed by atoms with E-state index in [0.29, 0.717) is 5.56 Å². The lowest BCUT2D eigenvalue weighted by Gasteiger charge is -2.25. The molecule has 2 atom stereocenters. The molecule has 1 fully saturated rings. The summed E-state index contributed by atoms with van der Waals surface area (Å²) in [4.78, 5) is 15.5. The first-order chi connectivity index (χ1) is 16.3. The van der Waals surface area contributed by atoms with E-state index in [0.717, 1.165) is 30.6 Å². The predicted molar refractivity (Wildman–Crippen MR) is 134 cm³/mol. The van der Waals surface area contributed by atoms with Crippen LogP contribution in [0, 0.1) is 6.92 Å². The van der Waals surface area contributed by atoms with Crippen LogP contribution < -0.4 is 10.0 Å². The van der Waals surface area contributed by atoms with Crippen LogP contribution in [0.5, 0.6) is 0 Å². The number of benzene rings is 3. The minimum Gasteiger partial charge on any atom is -0.348 e. The molecular weight excluding hydrogens is 446 g/mol. The lowest BCUT2D eigenvalue weighted by molar-refractivity contribution is 0.0935. The van der Waals surface area contributed by atoms with Gasteiger partial charge in [-0.1, -0.05) is 66.7 Å². The first kappa shape index (κ1) is 24.1. The number of nitrogens with zero attached hydrogens (tertiary/aromatic N) is 1. The number of sulfonamides is 1. The predicted octanol–water partition coefficient (Wildman–Crippen LogP) is 4.04. The molecule has 3 aromatic carbocycles. The van der Waals surface area contributed by atoms with Crippen molar-refractivity contribution in [1.82, 2.24) is 14.9 Å². The fourth-order valence-corrected chi connectivity index (χ4v) is 5.38. The Labute approximate surface area is 202 Å². The molecule has 6 nitrogen and oxygen atoms in total. The smallest absolute Gasteiger partial charge is 0.251 e. The van der Waals surface area contributed by atoms with Crippen LogP contribution in [0.1, 0.15) is 46.4 Å². The van der Waals surface area contributed by atoms with Crippen molar-refractivity contribution in [1.29, 1.82) is 0 Å². The first-order valence-corrected chi connectivity index (χ1v) is 13.1. The minimum atomic E-state index is -3.75. The summed E-state index contributed by atoms with van der Waals surface area (Å²) >= 11 is 0. The maximum atomic E-state index is 13.1. The van der Waals surface area contributed by atoms with Gasteiger partial charge < -0.3 is 5.32 Å². The number of nitrogens with one attached hydrogen (secondary N) is 2. The van der Waals surface area contributed by atoms with Gasteiger partial charge in [0.15, 0.2) is 0 Å². The molecule has 7 heteroatoms. The molecule has 0 spiro atoms. The summed E-state index contributed by atoms with van der Waals surface area (Å²) in [6.45, 7) is 5.85. The summed E-state index contributed by atoms with van der Waals surface area (Å²) in [6.07, 6.45) is 0.860. The molecule has 34 heavy (non-hydrogen) atoms. The molecule has 0 aliphatic carbocycles. The lowest BCUT2D eigenvalue weighted by atomic mass is 10.1. The molecule has 1 amide bonds. The third-order valence-corrected chi connectivity index (χ3v) is 7.86. The molecule has 2 unspecified atom stereocenters. The zero-order valence-corrected chi connectivity index (χ0v) is 20.4. The van der Waals surface area contributed by atoms with Gasteiger partial charge in [0.2, 0.25) is 10.0 Å². The Morgan fingerprint density at radius 1 is 1.03 bits per heavy atom. The molecule has 1 aliphatic heterocycles. The van der Waals surface area contributed by atoms with E-state index in [-0.39, 0.29) is 29.4 Å². The Morgan fingerprint density at radius 2 is 1.71 bits per heavy atom. The van der Waals surface area contributed by atoms with E-state index >= 15 is 0 Å². The number of amides is 1. The van der Waals surface area contributed by atoms with Crippen LogP contribution in [0.15, 0.2) is 83.8 Å². The molecule has 1 saturated heterocycles. The highest BCUT2D eigenvalue weighted by atomic mass is 32.2. The normalized spacial score (nSPS) is 17.4. The average molecular weight is 478 g/mol. The van der Waals surface area contributed by atoms with Crippen molar-refractivity contribution in [2.45, 2.75) is 43.8 Å². The van der Waals surface area contributed by atoms with Crippen molar-refractivity contribution in [3.05, 3.63) is 101 Å². The molecule has 1 aliphatic rings. The summed E-state index contributed by atoms with van der Waals surface area (Å²) in [7, 11) is -3.75. The van der Waals surface area contributed by atoms with Gasteiger partial charge in [-0.15, -0.1) is 0 Å². The van der Waals surface area contributed by atoms with Gasteiger partial charge in [-0.2, -0.15) is 0 Å². The second-order valence-corrected chi connectivity index (χ2v) is 10.6. The van der Waals surface area contributed by atoms with E-state index in [1.54, 1.807) is 6.07 Å². The van der Waals surface area contributed by atoms with Gasteiger partial charge >= 0.3 is 0 Å². The topological polar surface area (TPSA) is 78.5 Å². The third kappa shape index (κ3) is 5.73. The van der Waals surface area contributed by atoms with Crippen LogP contribution in [0.2, 0.25) is 0 Å². The second kappa shape index (κ2) is 10.5. The van der Waals surface area contributed by atoms with Gasteiger partial charge in [0.25, 0.3) is 5.91 Å². The molecule has 0 radical (unpaired) electrons. The van der Waals surface area contributed by atoms with Crippen LogP contribution >= 0.6 is 0 Å². The van der Waals surface area contributed by atoms with Crippen LogP contribution in [0.3, 0.4) is 0 Å². The average Bonchev–Trinajstić information content (AvgIpc) is 3.32. The number of carbonyl (C=O) groups excluding carboxylic acids is 1. The molecule has 0 bridgehead atoms. The van der Waals surface area contributed by atoms with Gasteiger partial charge in [-0.3, -0.25) is 9.69 Å². The maximum Gasteiger partial charge on any atom is 0.251 e. The highest BCUT2D eigenvalue weighted by Crippen LogP contribution is 2.25. The molecule has 0 aromatic heterocycles. The van der Waals surface area contributed by atoms with Gasteiger partial charge in [0, 0.05) is 37.3 Å². The number of hydrogen-bond donors (Lipinski definition) is 2. The number of likely N-dealkylation sites (tertiary alicyclic amines) is 1. The fourth-order valence-electron chi connectivity index (χ4n) is 4.33. The van der Waals surface area contributed by atoms with Gasteiger partial charge in [0.05, 0.1) is 4.90 Å². The molecule has 2 N–H and O–H groups in total. The number of hydrogen-bond acceptors (Lipinski definition) is 4. The van der Waals surface area contributed by atoms with Crippen molar-refractivity contribution >= 4 is 15.9 Å². The molecule has 178 valence electrons. The standard InChI is InChI=1S/C27H31N3O3S/c1-20-13-14-25(34(32,33)28-18-22-9-5-3-6-10-22)17-26(20)27(31)29-24-15-16-30(19-24)21(2)23-11-7-4-8-12-23/h3-14,17,21,24,28H,15-16,18-19H2,1-2H3,(H,29,31). The highest BCUT2D eigenvalue weighted by Gasteiger charge is 2.28. The summed E-state index contributed by atoms with van der Waals surface area (Å²) in [5.74, 6) is -0.239. The fraction of sp³-hybridized carbons (Fsp3) is 0.296. The van der Waals surface area contributed by atoms with Crippen LogP contribution in [0.25, 0.3) is 0 Å². The highest BCUT2D eigenvalue weighted by molar-refractivity contribution is 7.89. The van der Waals surface area contributed by atoms with Gasteiger partial charge in [-0.25, -0.2) is 13.1 Å². The quantitative estimate of drug-likeness (QED) is 0.513. The van der Waals surface area contributed by atoms with E-state index in [2.05, 4.69) is 34.0 Å². The summed E-state index contributed by atoms with van der Waals surface area (Å²) in [6, 6.07) is 24.7. The lowest BCUT2D eigenvalue weighted by Crippen LogP contribution is -2.38. The van der Waals surface area contributed by atoms with E-state index < -0.39 is 10.0 Å². The van der Waals surface area contributed by atoms with Crippen molar-refractivity contribution in [2.75, 3.05) is 13.1 Å². The Kier molecular flexibility index (Phi) is 7.46. The Balaban J connectivity index is 1.41. The molecule has 0 saturated carbocycles. The second-order valence-electron chi connectivity index (χ2n) is 8.83. The molecule has 4 rings (SSSR count). The van der Waals surface area contributed by atoms with E-state index in [4.69, 9.17) is 0 Å². The summed E-state index contributed by atoms with van der Waals surface area (Å²) < 4.78 is 28.3. The Morgan fingerprint density at radius 3 is 2.41 bits per heavy atom. The summed E-state index contributed by atoms with van der Waals surface area (Å²) in [5, 5.41) is 3.11. The summed E-state index contributed by atoms with van der Waals surface area (Å²) in [5.41, 5.74) is 3.25. The Bertz CT molecular complexity index is 1230. The van der Waals surface area contributed by atoms with Crippen molar-refractivity contribution < 1.29 is 13.2 Å². The van der Waals surface area contributed by atoms with Crippen molar-refractivity contribution in [3.63, 3.8) is 0 Å². The molecular formula is C27H31N3O3S. The number of aryl methyl sites for hydroxylation is 1.